The third kappa shape index (κ3) is 3.96. The van der Waals surface area contributed by atoms with E-state index in [2.05, 4.69) is 5.32 Å². The summed E-state index contributed by atoms with van der Waals surface area (Å²) >= 11 is 5.96. The Morgan fingerprint density at radius 3 is 2.62 bits per heavy atom. The second-order valence-electron chi connectivity index (χ2n) is 5.05. The SMILES string of the molecule is CNC(c1cc(F)ccc1C)C(C)Oc1cccc(Cl)c1. The maximum atomic E-state index is 13.5. The minimum atomic E-state index is -0.245. The molecule has 0 fully saturated rings. The first-order valence-electron chi connectivity index (χ1n) is 6.87. The third-order valence-corrected chi connectivity index (χ3v) is 3.71. The summed E-state index contributed by atoms with van der Waals surface area (Å²) in [5.74, 6) is 0.454. The van der Waals surface area contributed by atoms with Crippen molar-refractivity contribution in [2.75, 3.05) is 7.05 Å². The molecule has 0 saturated heterocycles. The molecule has 2 atom stereocenters. The molecule has 2 unspecified atom stereocenters. The average Bonchev–Trinajstić information content (AvgIpc) is 2.43. The van der Waals surface area contributed by atoms with Crippen LogP contribution in [0.4, 0.5) is 4.39 Å². The van der Waals surface area contributed by atoms with E-state index in [1.165, 1.54) is 6.07 Å². The number of likely N-dealkylation sites (N-methyl/N-ethyl adjacent to an activating group) is 1. The van der Waals surface area contributed by atoms with Crippen LogP contribution in [0.5, 0.6) is 5.75 Å². The number of benzene rings is 2. The predicted octanol–water partition coefficient (Wildman–Crippen LogP) is 4.52. The Kier molecular flexibility index (Phi) is 5.21. The van der Waals surface area contributed by atoms with Gasteiger partial charge in [0.2, 0.25) is 0 Å². The lowest BCUT2D eigenvalue weighted by atomic mass is 9.97. The van der Waals surface area contributed by atoms with E-state index in [0.717, 1.165) is 11.1 Å². The molecule has 4 heteroatoms. The zero-order chi connectivity index (χ0) is 15.4. The molecule has 0 aliphatic heterocycles. The fourth-order valence-corrected chi connectivity index (χ4v) is 2.59. The van der Waals surface area contributed by atoms with Crippen LogP contribution in [0.2, 0.25) is 5.02 Å². The third-order valence-electron chi connectivity index (χ3n) is 3.47. The van der Waals surface area contributed by atoms with Gasteiger partial charge in [-0.1, -0.05) is 23.7 Å². The minimum Gasteiger partial charge on any atom is -0.489 e. The smallest absolute Gasteiger partial charge is 0.123 e. The lowest BCUT2D eigenvalue weighted by molar-refractivity contribution is 0.175. The Morgan fingerprint density at radius 1 is 1.19 bits per heavy atom. The minimum absolute atomic E-state index is 0.111. The van der Waals surface area contributed by atoms with Gasteiger partial charge in [-0.05, 0) is 62.4 Å². The van der Waals surface area contributed by atoms with E-state index in [-0.39, 0.29) is 18.0 Å². The predicted molar refractivity (Wildman–Crippen MR) is 84.5 cm³/mol. The van der Waals surface area contributed by atoms with E-state index in [1.54, 1.807) is 24.3 Å². The summed E-state index contributed by atoms with van der Waals surface area (Å²) < 4.78 is 19.4. The molecule has 0 radical (unpaired) electrons. The van der Waals surface area contributed by atoms with Gasteiger partial charge in [-0.15, -0.1) is 0 Å². The normalized spacial score (nSPS) is 13.8. The molecule has 2 aromatic carbocycles. The Morgan fingerprint density at radius 2 is 1.95 bits per heavy atom. The second kappa shape index (κ2) is 6.92. The zero-order valence-corrected chi connectivity index (χ0v) is 13.1. The van der Waals surface area contributed by atoms with Gasteiger partial charge in [-0.3, -0.25) is 0 Å². The largest absolute Gasteiger partial charge is 0.489 e. The summed E-state index contributed by atoms with van der Waals surface area (Å²) in [6.07, 6.45) is -0.172. The van der Waals surface area contributed by atoms with Gasteiger partial charge < -0.3 is 10.1 Å². The quantitative estimate of drug-likeness (QED) is 0.877. The molecule has 0 amide bonds. The van der Waals surface area contributed by atoms with Gasteiger partial charge in [0, 0.05) is 5.02 Å². The molecule has 21 heavy (non-hydrogen) atoms. The van der Waals surface area contributed by atoms with E-state index >= 15 is 0 Å². The number of rotatable bonds is 5. The van der Waals surface area contributed by atoms with Gasteiger partial charge in [-0.2, -0.15) is 0 Å². The maximum absolute atomic E-state index is 13.5. The average molecular weight is 308 g/mol. The summed E-state index contributed by atoms with van der Waals surface area (Å²) in [5.41, 5.74) is 1.92. The number of hydrogen-bond donors (Lipinski definition) is 1. The van der Waals surface area contributed by atoms with Crippen molar-refractivity contribution in [3.8, 4) is 5.75 Å². The highest BCUT2D eigenvalue weighted by Crippen LogP contribution is 2.26. The summed E-state index contributed by atoms with van der Waals surface area (Å²) in [6, 6.07) is 11.9. The molecule has 0 aromatic heterocycles. The fraction of sp³-hybridized carbons (Fsp3) is 0.294. The molecule has 0 heterocycles. The lowest BCUT2D eigenvalue weighted by Crippen LogP contribution is -2.32. The second-order valence-corrected chi connectivity index (χ2v) is 5.48. The van der Waals surface area contributed by atoms with E-state index in [4.69, 9.17) is 16.3 Å². The summed E-state index contributed by atoms with van der Waals surface area (Å²) in [7, 11) is 1.84. The van der Waals surface area contributed by atoms with Gasteiger partial charge in [-0.25, -0.2) is 4.39 Å². The van der Waals surface area contributed by atoms with Crippen molar-refractivity contribution in [3.05, 3.63) is 64.4 Å². The Hall–Kier alpha value is -1.58. The Bertz CT molecular complexity index is 617. The summed E-state index contributed by atoms with van der Waals surface area (Å²) in [4.78, 5) is 0. The molecule has 0 saturated carbocycles. The first-order chi connectivity index (χ1) is 10.0. The van der Waals surface area contributed by atoms with Crippen LogP contribution in [-0.4, -0.2) is 13.2 Å². The van der Waals surface area contributed by atoms with Crippen molar-refractivity contribution in [2.24, 2.45) is 0 Å². The van der Waals surface area contributed by atoms with Gasteiger partial charge in [0.1, 0.15) is 17.7 Å². The first kappa shape index (κ1) is 15.8. The van der Waals surface area contributed by atoms with Gasteiger partial charge in [0.15, 0.2) is 0 Å². The molecule has 2 aromatic rings. The molecule has 112 valence electrons. The molecule has 0 aliphatic carbocycles. The molecular weight excluding hydrogens is 289 g/mol. The van der Waals surface area contributed by atoms with E-state index in [9.17, 15) is 4.39 Å². The van der Waals surface area contributed by atoms with Crippen LogP contribution in [0.1, 0.15) is 24.1 Å². The van der Waals surface area contributed by atoms with Crippen molar-refractivity contribution in [1.82, 2.24) is 5.32 Å². The van der Waals surface area contributed by atoms with Crippen molar-refractivity contribution in [1.29, 1.82) is 0 Å². The number of hydrogen-bond acceptors (Lipinski definition) is 2. The highest BCUT2D eigenvalue weighted by Gasteiger charge is 2.21. The van der Waals surface area contributed by atoms with Crippen molar-refractivity contribution < 1.29 is 9.13 Å². The van der Waals surface area contributed by atoms with Gasteiger partial charge in [0.05, 0.1) is 6.04 Å². The van der Waals surface area contributed by atoms with Gasteiger partial charge >= 0.3 is 0 Å². The standard InChI is InChI=1S/C17H19ClFNO/c1-11-7-8-14(19)10-16(11)17(20-3)12(2)21-15-6-4-5-13(18)9-15/h4-10,12,17,20H,1-3H3. The first-order valence-corrected chi connectivity index (χ1v) is 7.24. The van der Waals surface area contributed by atoms with Crippen LogP contribution in [0.15, 0.2) is 42.5 Å². The molecule has 2 nitrogen and oxygen atoms in total. The number of aryl methyl sites for hydroxylation is 1. The van der Waals surface area contributed by atoms with Crippen LogP contribution in [0, 0.1) is 12.7 Å². The number of nitrogens with one attached hydrogen (secondary N) is 1. The molecule has 0 spiro atoms. The molecule has 0 bridgehead atoms. The molecular formula is C17H19ClFNO. The Labute approximate surface area is 129 Å². The maximum Gasteiger partial charge on any atom is 0.123 e. The monoisotopic (exact) mass is 307 g/mol. The van der Waals surface area contributed by atoms with Gasteiger partial charge in [0.25, 0.3) is 0 Å². The summed E-state index contributed by atoms with van der Waals surface area (Å²) in [6.45, 7) is 3.91. The van der Waals surface area contributed by atoms with Crippen LogP contribution in [0.25, 0.3) is 0 Å². The zero-order valence-electron chi connectivity index (χ0n) is 12.4. The number of ether oxygens (including phenoxy) is 1. The Balaban J connectivity index is 2.22. The van der Waals surface area contributed by atoms with E-state index < -0.39 is 0 Å². The molecule has 0 aliphatic rings. The van der Waals surface area contributed by atoms with Crippen LogP contribution >= 0.6 is 11.6 Å². The highest BCUT2D eigenvalue weighted by atomic mass is 35.5. The topological polar surface area (TPSA) is 21.3 Å². The summed E-state index contributed by atoms with van der Waals surface area (Å²) in [5, 5.41) is 3.82. The lowest BCUT2D eigenvalue weighted by Gasteiger charge is -2.26. The number of halogens is 2. The van der Waals surface area contributed by atoms with Crippen LogP contribution < -0.4 is 10.1 Å². The van der Waals surface area contributed by atoms with E-state index in [1.807, 2.05) is 33.0 Å². The fourth-order valence-electron chi connectivity index (χ4n) is 2.41. The molecule has 1 N–H and O–H groups in total. The van der Waals surface area contributed by atoms with E-state index in [0.29, 0.717) is 10.8 Å². The highest BCUT2D eigenvalue weighted by molar-refractivity contribution is 6.30. The van der Waals surface area contributed by atoms with Crippen molar-refractivity contribution in [2.45, 2.75) is 26.0 Å². The van der Waals surface area contributed by atoms with Crippen molar-refractivity contribution in [3.63, 3.8) is 0 Å². The van der Waals surface area contributed by atoms with Crippen LogP contribution in [0.3, 0.4) is 0 Å². The van der Waals surface area contributed by atoms with Crippen LogP contribution in [-0.2, 0) is 0 Å². The molecule has 2 rings (SSSR count). The van der Waals surface area contributed by atoms with Crippen molar-refractivity contribution >= 4 is 11.6 Å².